The first-order valence-corrected chi connectivity index (χ1v) is 6.48. The molecule has 1 aromatic heterocycles. The average Bonchev–Trinajstić information content (AvgIpc) is 2.45. The highest BCUT2D eigenvalue weighted by atomic mass is 32.2. The summed E-state index contributed by atoms with van der Waals surface area (Å²) in [7, 11) is 0. The molecule has 0 atom stereocenters. The van der Waals surface area contributed by atoms with Gasteiger partial charge in [0.15, 0.2) is 0 Å². The number of thiazole rings is 1. The maximum Gasteiger partial charge on any atom is 0.150 e. The van der Waals surface area contributed by atoms with Crippen LogP contribution in [0.2, 0.25) is 0 Å². The van der Waals surface area contributed by atoms with E-state index < -0.39 is 0 Å². The van der Waals surface area contributed by atoms with Crippen LogP contribution in [0.5, 0.6) is 0 Å². The Labute approximate surface area is 87.4 Å². The number of aromatic nitrogens is 1. The van der Waals surface area contributed by atoms with Crippen molar-refractivity contribution in [3.05, 3.63) is 11.1 Å². The zero-order valence-corrected chi connectivity index (χ0v) is 9.64. The van der Waals surface area contributed by atoms with E-state index in [2.05, 4.69) is 23.0 Å². The third kappa shape index (κ3) is 3.83. The monoisotopic (exact) mass is 219 g/mol. The number of thioether (sulfide) groups is 1. The van der Waals surface area contributed by atoms with Crippen LogP contribution in [0.4, 0.5) is 0 Å². The predicted octanol–water partition coefficient (Wildman–Crippen LogP) is 3.25. The van der Waals surface area contributed by atoms with Crippen molar-refractivity contribution >= 4 is 35.7 Å². The third-order valence-corrected chi connectivity index (χ3v) is 3.92. The number of thiol groups is 1. The maximum absolute atomic E-state index is 4.37. The highest BCUT2D eigenvalue weighted by molar-refractivity contribution is 8.01. The summed E-state index contributed by atoms with van der Waals surface area (Å²) in [5.74, 6) is 2.17. The standard InChI is InChI=1S/C8H13NS3/c1-7-6-12-8(9-7)11-5-3-2-4-10/h6,10H,2-5H2,1H3. The summed E-state index contributed by atoms with van der Waals surface area (Å²) in [5, 5.41) is 2.10. The molecule has 1 nitrogen and oxygen atoms in total. The largest absolute Gasteiger partial charge is 0.235 e. The van der Waals surface area contributed by atoms with Crippen molar-refractivity contribution in [3.63, 3.8) is 0 Å². The van der Waals surface area contributed by atoms with Gasteiger partial charge in [-0.1, -0.05) is 11.8 Å². The van der Waals surface area contributed by atoms with Crippen LogP contribution in [0, 0.1) is 6.92 Å². The normalized spacial score (nSPS) is 10.5. The minimum Gasteiger partial charge on any atom is -0.235 e. The molecular weight excluding hydrogens is 206 g/mol. The summed E-state index contributed by atoms with van der Waals surface area (Å²) in [6.07, 6.45) is 2.45. The second-order valence-corrected chi connectivity index (χ2v) is 5.18. The van der Waals surface area contributed by atoms with E-state index in [1.54, 1.807) is 11.3 Å². The first kappa shape index (κ1) is 10.4. The van der Waals surface area contributed by atoms with Gasteiger partial charge in [0.2, 0.25) is 0 Å². The molecular formula is C8H13NS3. The Morgan fingerprint density at radius 3 is 3.00 bits per heavy atom. The summed E-state index contributed by atoms with van der Waals surface area (Å²) >= 11 is 7.76. The predicted molar refractivity (Wildman–Crippen MR) is 60.7 cm³/mol. The van der Waals surface area contributed by atoms with Crippen LogP contribution < -0.4 is 0 Å². The first-order chi connectivity index (χ1) is 5.83. The van der Waals surface area contributed by atoms with Crippen LogP contribution >= 0.6 is 35.7 Å². The Hall–Kier alpha value is 0.330. The van der Waals surface area contributed by atoms with Gasteiger partial charge in [-0.05, 0) is 25.5 Å². The van der Waals surface area contributed by atoms with Gasteiger partial charge in [-0.2, -0.15) is 12.6 Å². The molecule has 1 heterocycles. The second-order valence-electron chi connectivity index (χ2n) is 2.53. The molecule has 0 spiro atoms. The van der Waals surface area contributed by atoms with Gasteiger partial charge in [0.25, 0.3) is 0 Å². The van der Waals surface area contributed by atoms with Crippen molar-refractivity contribution in [2.24, 2.45) is 0 Å². The molecule has 0 saturated carbocycles. The van der Waals surface area contributed by atoms with Gasteiger partial charge in [0.1, 0.15) is 4.34 Å². The van der Waals surface area contributed by atoms with Crippen molar-refractivity contribution in [2.45, 2.75) is 24.1 Å². The van der Waals surface area contributed by atoms with E-state index in [0.717, 1.165) is 11.4 Å². The molecule has 1 aromatic rings. The molecule has 12 heavy (non-hydrogen) atoms. The number of aryl methyl sites for hydroxylation is 1. The molecule has 1 rings (SSSR count). The third-order valence-electron chi connectivity index (χ3n) is 1.38. The molecule has 0 aromatic carbocycles. The van der Waals surface area contributed by atoms with Crippen molar-refractivity contribution in [1.82, 2.24) is 4.98 Å². The quantitative estimate of drug-likeness (QED) is 0.464. The molecule has 0 aliphatic heterocycles. The Balaban J connectivity index is 2.15. The van der Waals surface area contributed by atoms with Crippen LogP contribution in [0.15, 0.2) is 9.72 Å². The summed E-state index contributed by atoms with van der Waals surface area (Å²) in [4.78, 5) is 4.37. The van der Waals surface area contributed by atoms with Crippen LogP contribution in [0.1, 0.15) is 18.5 Å². The lowest BCUT2D eigenvalue weighted by Gasteiger charge is -1.94. The number of unbranched alkanes of at least 4 members (excludes halogenated alkanes) is 1. The SMILES string of the molecule is Cc1csc(SCCCCS)n1. The second kappa shape index (κ2) is 5.89. The van der Waals surface area contributed by atoms with Gasteiger partial charge >= 0.3 is 0 Å². The fourth-order valence-electron chi connectivity index (χ4n) is 0.772. The molecule has 0 unspecified atom stereocenters. The number of nitrogens with zero attached hydrogens (tertiary/aromatic N) is 1. The van der Waals surface area contributed by atoms with E-state index >= 15 is 0 Å². The lowest BCUT2D eigenvalue weighted by atomic mass is 10.4. The zero-order valence-electron chi connectivity index (χ0n) is 7.12. The van der Waals surface area contributed by atoms with E-state index in [-0.39, 0.29) is 0 Å². The van der Waals surface area contributed by atoms with Crippen molar-refractivity contribution < 1.29 is 0 Å². The van der Waals surface area contributed by atoms with E-state index in [9.17, 15) is 0 Å². The summed E-state index contributed by atoms with van der Waals surface area (Å²) in [5.41, 5.74) is 1.14. The van der Waals surface area contributed by atoms with Crippen LogP contribution in [-0.4, -0.2) is 16.5 Å². The van der Waals surface area contributed by atoms with E-state index in [1.807, 2.05) is 18.7 Å². The van der Waals surface area contributed by atoms with Crippen molar-refractivity contribution in [2.75, 3.05) is 11.5 Å². The van der Waals surface area contributed by atoms with E-state index in [4.69, 9.17) is 0 Å². The number of hydrogen-bond acceptors (Lipinski definition) is 4. The Morgan fingerprint density at radius 1 is 1.58 bits per heavy atom. The lowest BCUT2D eigenvalue weighted by molar-refractivity contribution is 0.909. The Kier molecular flexibility index (Phi) is 5.11. The van der Waals surface area contributed by atoms with Crippen molar-refractivity contribution in [1.29, 1.82) is 0 Å². The summed E-state index contributed by atoms with van der Waals surface area (Å²) in [6, 6.07) is 0. The minimum atomic E-state index is 0.997. The maximum atomic E-state index is 4.37. The molecule has 0 fully saturated rings. The smallest absolute Gasteiger partial charge is 0.150 e. The number of rotatable bonds is 5. The van der Waals surface area contributed by atoms with Gasteiger partial charge in [0, 0.05) is 16.8 Å². The van der Waals surface area contributed by atoms with Gasteiger partial charge in [0.05, 0.1) is 0 Å². The lowest BCUT2D eigenvalue weighted by Crippen LogP contribution is -1.81. The topological polar surface area (TPSA) is 12.9 Å². The molecule has 0 saturated heterocycles. The fraction of sp³-hybridized carbons (Fsp3) is 0.625. The first-order valence-electron chi connectivity index (χ1n) is 3.98. The van der Waals surface area contributed by atoms with E-state index in [1.165, 1.54) is 22.9 Å². The highest BCUT2D eigenvalue weighted by Crippen LogP contribution is 2.23. The summed E-state index contributed by atoms with van der Waals surface area (Å²) in [6.45, 7) is 2.04. The average molecular weight is 219 g/mol. The number of hydrogen-bond donors (Lipinski definition) is 1. The molecule has 0 radical (unpaired) electrons. The molecule has 4 heteroatoms. The molecule has 0 N–H and O–H groups in total. The van der Waals surface area contributed by atoms with E-state index in [0.29, 0.717) is 0 Å². The Morgan fingerprint density at radius 2 is 2.42 bits per heavy atom. The van der Waals surface area contributed by atoms with Crippen molar-refractivity contribution in [3.8, 4) is 0 Å². The Bertz CT molecular complexity index is 222. The minimum absolute atomic E-state index is 0.997. The zero-order chi connectivity index (χ0) is 8.81. The fourth-order valence-corrected chi connectivity index (χ4v) is 2.91. The molecule has 0 bridgehead atoms. The van der Waals surface area contributed by atoms with Gasteiger partial charge in [-0.25, -0.2) is 4.98 Å². The highest BCUT2D eigenvalue weighted by Gasteiger charge is 1.97. The van der Waals surface area contributed by atoms with Gasteiger partial charge < -0.3 is 0 Å². The van der Waals surface area contributed by atoms with Gasteiger partial charge in [-0.3, -0.25) is 0 Å². The van der Waals surface area contributed by atoms with Crippen LogP contribution in [0.25, 0.3) is 0 Å². The van der Waals surface area contributed by atoms with Gasteiger partial charge in [-0.15, -0.1) is 11.3 Å². The molecule has 0 amide bonds. The molecule has 0 aliphatic carbocycles. The molecule has 0 aliphatic rings. The van der Waals surface area contributed by atoms with Crippen LogP contribution in [0.3, 0.4) is 0 Å². The molecule has 68 valence electrons. The van der Waals surface area contributed by atoms with Crippen LogP contribution in [-0.2, 0) is 0 Å². The summed E-state index contributed by atoms with van der Waals surface area (Å²) < 4.78 is 1.20.